The highest BCUT2D eigenvalue weighted by atomic mass is 16.5. The van der Waals surface area contributed by atoms with Crippen LogP contribution in [0.1, 0.15) is 15.9 Å². The summed E-state index contributed by atoms with van der Waals surface area (Å²) >= 11 is 0. The Kier molecular flexibility index (Phi) is 5.86. The molecular weight excluding hydrogens is 276 g/mol. The molecule has 2 aromatic rings. The van der Waals surface area contributed by atoms with Crippen molar-refractivity contribution in [1.29, 1.82) is 0 Å². The molecule has 4 heteroatoms. The molecule has 114 valence electrons. The molecule has 0 saturated heterocycles. The van der Waals surface area contributed by atoms with E-state index in [0.29, 0.717) is 12.2 Å². The zero-order valence-electron chi connectivity index (χ0n) is 12.9. The first kappa shape index (κ1) is 15.9. The van der Waals surface area contributed by atoms with E-state index in [4.69, 9.17) is 4.74 Å². The molecule has 1 heterocycles. The molecule has 1 aromatic carbocycles. The zero-order chi connectivity index (χ0) is 15.8. The molecule has 0 saturated carbocycles. The molecule has 1 aromatic heterocycles. The first-order valence-electron chi connectivity index (χ1n) is 7.15. The van der Waals surface area contributed by atoms with Crippen LogP contribution in [0.25, 0.3) is 6.08 Å². The number of pyridine rings is 1. The van der Waals surface area contributed by atoms with Gasteiger partial charge >= 0.3 is 0 Å². The van der Waals surface area contributed by atoms with E-state index < -0.39 is 0 Å². The Morgan fingerprint density at radius 3 is 2.45 bits per heavy atom. The van der Waals surface area contributed by atoms with Gasteiger partial charge < -0.3 is 9.64 Å². The molecule has 0 aliphatic heterocycles. The van der Waals surface area contributed by atoms with Gasteiger partial charge in [0.25, 0.3) is 0 Å². The number of hydrogen-bond acceptors (Lipinski definition) is 4. The molecule has 0 aliphatic rings. The Balaban J connectivity index is 1.91. The first-order chi connectivity index (χ1) is 10.6. The van der Waals surface area contributed by atoms with Crippen molar-refractivity contribution in [1.82, 2.24) is 9.88 Å². The highest BCUT2D eigenvalue weighted by Gasteiger charge is 2.00. The van der Waals surface area contributed by atoms with Gasteiger partial charge in [0.2, 0.25) is 0 Å². The molecule has 0 N–H and O–H groups in total. The number of nitrogens with zero attached hydrogens (tertiary/aromatic N) is 2. The molecule has 0 amide bonds. The maximum atomic E-state index is 11.9. The molecule has 0 aliphatic carbocycles. The van der Waals surface area contributed by atoms with E-state index in [1.807, 2.05) is 38.4 Å². The molecule has 0 fully saturated rings. The molecular formula is C18H20N2O2. The molecule has 0 spiro atoms. The number of carbonyl (C=O) groups excluding carboxylic acids is 1. The summed E-state index contributed by atoms with van der Waals surface area (Å²) in [5.74, 6) is 0.799. The quantitative estimate of drug-likeness (QED) is 0.582. The lowest BCUT2D eigenvalue weighted by Gasteiger charge is -2.10. The normalized spacial score (nSPS) is 11.0. The summed E-state index contributed by atoms with van der Waals surface area (Å²) in [6, 6.07) is 11.1. The Morgan fingerprint density at radius 2 is 1.82 bits per heavy atom. The van der Waals surface area contributed by atoms with Gasteiger partial charge in [-0.2, -0.15) is 0 Å². The summed E-state index contributed by atoms with van der Waals surface area (Å²) in [6.07, 6.45) is 6.59. The number of ether oxygens (including phenoxy) is 1. The molecule has 0 radical (unpaired) electrons. The number of likely N-dealkylation sites (N-methyl/N-ethyl adjacent to an activating group) is 1. The minimum absolute atomic E-state index is 0.0336. The maximum absolute atomic E-state index is 11.9. The summed E-state index contributed by atoms with van der Waals surface area (Å²) in [6.45, 7) is 1.53. The fourth-order valence-corrected chi connectivity index (χ4v) is 1.81. The second kappa shape index (κ2) is 8.10. The van der Waals surface area contributed by atoms with Crippen molar-refractivity contribution in [3.05, 3.63) is 66.0 Å². The number of allylic oxidation sites excluding steroid dienone is 1. The fraction of sp³-hybridized carbons (Fsp3) is 0.222. The van der Waals surface area contributed by atoms with Gasteiger partial charge in [-0.1, -0.05) is 18.2 Å². The summed E-state index contributed by atoms with van der Waals surface area (Å²) < 4.78 is 5.63. The lowest BCUT2D eigenvalue weighted by molar-refractivity contribution is 0.104. The van der Waals surface area contributed by atoms with Gasteiger partial charge in [0.1, 0.15) is 12.4 Å². The van der Waals surface area contributed by atoms with E-state index in [1.165, 1.54) is 0 Å². The van der Waals surface area contributed by atoms with Crippen molar-refractivity contribution in [2.45, 2.75) is 0 Å². The second-order valence-electron chi connectivity index (χ2n) is 5.15. The Morgan fingerprint density at radius 1 is 1.14 bits per heavy atom. The van der Waals surface area contributed by atoms with E-state index in [-0.39, 0.29) is 5.78 Å². The van der Waals surface area contributed by atoms with Crippen LogP contribution in [-0.2, 0) is 0 Å². The number of rotatable bonds is 7. The Bertz CT molecular complexity index is 619. The van der Waals surface area contributed by atoms with Crippen molar-refractivity contribution < 1.29 is 9.53 Å². The lowest BCUT2D eigenvalue weighted by Crippen LogP contribution is -2.19. The fourth-order valence-electron chi connectivity index (χ4n) is 1.81. The van der Waals surface area contributed by atoms with E-state index in [0.717, 1.165) is 17.9 Å². The Labute approximate surface area is 131 Å². The van der Waals surface area contributed by atoms with Crippen LogP contribution in [-0.4, -0.2) is 42.9 Å². The van der Waals surface area contributed by atoms with Gasteiger partial charge in [-0.25, -0.2) is 0 Å². The third-order valence-corrected chi connectivity index (χ3v) is 3.08. The van der Waals surface area contributed by atoms with Crippen molar-refractivity contribution >= 4 is 11.9 Å². The summed E-state index contributed by atoms with van der Waals surface area (Å²) in [5.41, 5.74) is 1.59. The lowest BCUT2D eigenvalue weighted by atomic mass is 10.1. The molecule has 0 unspecified atom stereocenters. The van der Waals surface area contributed by atoms with Crippen molar-refractivity contribution in [2.75, 3.05) is 27.2 Å². The largest absolute Gasteiger partial charge is 0.492 e. The molecule has 4 nitrogen and oxygen atoms in total. The average Bonchev–Trinajstić information content (AvgIpc) is 2.54. The van der Waals surface area contributed by atoms with Gasteiger partial charge in [0.05, 0.1) is 0 Å². The standard InChI is InChI=1S/C18H20N2O2/c1-20(2)13-14-22-17-6-3-15(4-7-17)5-8-18(21)16-9-11-19-12-10-16/h3-12H,13-14H2,1-2H3. The first-order valence-corrected chi connectivity index (χ1v) is 7.15. The van der Waals surface area contributed by atoms with E-state index >= 15 is 0 Å². The number of benzene rings is 1. The highest BCUT2D eigenvalue weighted by Crippen LogP contribution is 2.13. The third-order valence-electron chi connectivity index (χ3n) is 3.08. The van der Waals surface area contributed by atoms with Crippen molar-refractivity contribution in [2.24, 2.45) is 0 Å². The van der Waals surface area contributed by atoms with Gasteiger partial charge in [-0.15, -0.1) is 0 Å². The second-order valence-corrected chi connectivity index (χ2v) is 5.15. The van der Waals surface area contributed by atoms with Gasteiger partial charge in [0, 0.05) is 24.5 Å². The number of ketones is 1. The number of carbonyl (C=O) groups is 1. The van der Waals surface area contributed by atoms with Crippen molar-refractivity contribution in [3.63, 3.8) is 0 Å². The van der Waals surface area contributed by atoms with Crippen LogP contribution < -0.4 is 4.74 Å². The predicted octanol–water partition coefficient (Wildman–Crippen LogP) is 2.92. The van der Waals surface area contributed by atoms with E-state index in [1.54, 1.807) is 36.7 Å². The van der Waals surface area contributed by atoms with Gasteiger partial charge in [-0.05, 0) is 50.0 Å². The highest BCUT2D eigenvalue weighted by molar-refractivity contribution is 6.06. The summed E-state index contributed by atoms with van der Waals surface area (Å²) in [7, 11) is 4.02. The molecule has 22 heavy (non-hydrogen) atoms. The van der Waals surface area contributed by atoms with Gasteiger partial charge in [0.15, 0.2) is 5.78 Å². The number of aromatic nitrogens is 1. The minimum atomic E-state index is -0.0336. The maximum Gasteiger partial charge on any atom is 0.185 e. The van der Waals surface area contributed by atoms with Crippen LogP contribution in [0.5, 0.6) is 5.75 Å². The summed E-state index contributed by atoms with van der Waals surface area (Å²) in [4.78, 5) is 17.9. The van der Waals surface area contributed by atoms with E-state index in [2.05, 4.69) is 9.88 Å². The van der Waals surface area contributed by atoms with Crippen molar-refractivity contribution in [3.8, 4) is 5.75 Å². The predicted molar refractivity (Wildman–Crippen MR) is 88.1 cm³/mol. The third kappa shape index (κ3) is 5.14. The van der Waals surface area contributed by atoms with Crippen LogP contribution in [0.2, 0.25) is 0 Å². The van der Waals surface area contributed by atoms with Crippen LogP contribution >= 0.6 is 0 Å². The van der Waals surface area contributed by atoms with E-state index in [9.17, 15) is 4.79 Å². The van der Waals surface area contributed by atoms with Crippen LogP contribution in [0.4, 0.5) is 0 Å². The van der Waals surface area contributed by atoms with Crippen LogP contribution in [0, 0.1) is 0 Å². The monoisotopic (exact) mass is 296 g/mol. The zero-order valence-corrected chi connectivity index (χ0v) is 12.9. The topological polar surface area (TPSA) is 42.4 Å². The minimum Gasteiger partial charge on any atom is -0.492 e. The number of hydrogen-bond donors (Lipinski definition) is 0. The molecule has 0 bridgehead atoms. The van der Waals surface area contributed by atoms with Crippen LogP contribution in [0.3, 0.4) is 0 Å². The summed E-state index contributed by atoms with van der Waals surface area (Å²) in [5, 5.41) is 0. The molecule has 2 rings (SSSR count). The average molecular weight is 296 g/mol. The SMILES string of the molecule is CN(C)CCOc1ccc(C=CC(=O)c2ccncc2)cc1. The van der Waals surface area contributed by atoms with Crippen LogP contribution in [0.15, 0.2) is 54.9 Å². The smallest absolute Gasteiger partial charge is 0.185 e. The molecule has 0 atom stereocenters. The Hall–Kier alpha value is -2.46. The van der Waals surface area contributed by atoms with Gasteiger partial charge in [-0.3, -0.25) is 9.78 Å².